The Labute approximate surface area is 139 Å². The summed E-state index contributed by atoms with van der Waals surface area (Å²) < 4.78 is 14.4. The Morgan fingerprint density at radius 3 is 2.58 bits per heavy atom. The summed E-state index contributed by atoms with van der Waals surface area (Å²) in [6, 6.07) is 15.8. The molecule has 1 atom stereocenters. The molecular formula is C18H17FN4O. The molecule has 6 heteroatoms. The maximum absolute atomic E-state index is 12.9. The predicted octanol–water partition coefficient (Wildman–Crippen LogP) is 2.94. The number of rotatable bonds is 5. The second kappa shape index (κ2) is 7.04. The normalized spacial score (nSPS) is 11.9. The maximum atomic E-state index is 12.9. The Balaban J connectivity index is 1.63. The Morgan fingerprint density at radius 1 is 1.17 bits per heavy atom. The molecule has 0 bridgehead atoms. The number of aromatic nitrogens is 3. The molecular weight excluding hydrogens is 307 g/mol. The van der Waals surface area contributed by atoms with Crippen LogP contribution >= 0.6 is 0 Å². The number of nitrogens with zero attached hydrogens (tertiary/aromatic N) is 3. The number of benzene rings is 2. The molecule has 1 aromatic heterocycles. The summed E-state index contributed by atoms with van der Waals surface area (Å²) in [5, 5.41) is 10.6. The molecule has 5 nitrogen and oxygen atoms in total. The van der Waals surface area contributed by atoms with E-state index >= 15 is 0 Å². The quantitative estimate of drug-likeness (QED) is 0.785. The van der Waals surface area contributed by atoms with Crippen LogP contribution in [0.1, 0.15) is 28.9 Å². The van der Waals surface area contributed by atoms with Gasteiger partial charge in [-0.1, -0.05) is 42.5 Å². The first kappa shape index (κ1) is 15.9. The third-order valence-corrected chi connectivity index (χ3v) is 3.75. The van der Waals surface area contributed by atoms with Gasteiger partial charge in [0.15, 0.2) is 5.69 Å². The van der Waals surface area contributed by atoms with Crippen molar-refractivity contribution in [2.75, 3.05) is 6.54 Å². The van der Waals surface area contributed by atoms with Gasteiger partial charge < -0.3 is 5.32 Å². The van der Waals surface area contributed by atoms with Crippen molar-refractivity contribution in [3.05, 3.63) is 77.9 Å². The number of nitrogens with one attached hydrogen (secondary N) is 1. The van der Waals surface area contributed by atoms with Crippen molar-refractivity contribution >= 4 is 5.91 Å². The summed E-state index contributed by atoms with van der Waals surface area (Å²) in [5.74, 6) is -0.417. The fourth-order valence-electron chi connectivity index (χ4n) is 2.32. The molecule has 0 saturated carbocycles. The molecule has 0 aliphatic rings. The zero-order chi connectivity index (χ0) is 16.9. The van der Waals surface area contributed by atoms with Gasteiger partial charge in [0.25, 0.3) is 5.91 Å². The van der Waals surface area contributed by atoms with E-state index in [-0.39, 0.29) is 23.3 Å². The lowest BCUT2D eigenvalue weighted by Gasteiger charge is -2.12. The molecule has 1 amide bonds. The predicted molar refractivity (Wildman–Crippen MR) is 88.5 cm³/mol. The van der Waals surface area contributed by atoms with Gasteiger partial charge in [-0.2, -0.15) is 0 Å². The first-order valence-electron chi connectivity index (χ1n) is 7.65. The minimum Gasteiger partial charge on any atom is -0.350 e. The number of hydrogen-bond acceptors (Lipinski definition) is 3. The van der Waals surface area contributed by atoms with Crippen molar-refractivity contribution in [1.82, 2.24) is 20.3 Å². The van der Waals surface area contributed by atoms with Gasteiger partial charge in [0, 0.05) is 6.54 Å². The van der Waals surface area contributed by atoms with Crippen molar-refractivity contribution < 1.29 is 9.18 Å². The van der Waals surface area contributed by atoms with E-state index in [4.69, 9.17) is 0 Å². The molecule has 3 rings (SSSR count). The third kappa shape index (κ3) is 3.65. The molecule has 24 heavy (non-hydrogen) atoms. The van der Waals surface area contributed by atoms with Crippen LogP contribution in [0.15, 0.2) is 60.8 Å². The topological polar surface area (TPSA) is 59.8 Å². The molecule has 0 unspecified atom stereocenters. The lowest BCUT2D eigenvalue weighted by Crippen LogP contribution is -2.27. The molecule has 0 radical (unpaired) electrons. The number of halogens is 1. The van der Waals surface area contributed by atoms with Crippen molar-refractivity contribution in [1.29, 1.82) is 0 Å². The molecule has 122 valence electrons. The highest BCUT2D eigenvalue weighted by atomic mass is 19.1. The van der Waals surface area contributed by atoms with Gasteiger partial charge in [0.1, 0.15) is 5.82 Å². The van der Waals surface area contributed by atoms with E-state index in [0.717, 1.165) is 5.56 Å². The van der Waals surface area contributed by atoms with Crippen LogP contribution in [0.25, 0.3) is 5.69 Å². The van der Waals surface area contributed by atoms with E-state index in [1.165, 1.54) is 23.0 Å². The molecule has 1 heterocycles. The molecule has 0 saturated heterocycles. The van der Waals surface area contributed by atoms with Gasteiger partial charge in [-0.05, 0) is 35.7 Å². The van der Waals surface area contributed by atoms with E-state index in [0.29, 0.717) is 12.2 Å². The van der Waals surface area contributed by atoms with Gasteiger partial charge in [-0.3, -0.25) is 4.79 Å². The molecule has 0 spiro atoms. The van der Waals surface area contributed by atoms with Crippen LogP contribution in [0.2, 0.25) is 0 Å². The molecule has 1 N–H and O–H groups in total. The van der Waals surface area contributed by atoms with Crippen molar-refractivity contribution in [3.63, 3.8) is 0 Å². The van der Waals surface area contributed by atoms with E-state index in [1.807, 2.05) is 37.3 Å². The van der Waals surface area contributed by atoms with Gasteiger partial charge in [0.05, 0.1) is 11.9 Å². The lowest BCUT2D eigenvalue weighted by molar-refractivity contribution is 0.0946. The highest BCUT2D eigenvalue weighted by Gasteiger charge is 2.13. The van der Waals surface area contributed by atoms with Crippen LogP contribution in [0, 0.1) is 5.82 Å². The van der Waals surface area contributed by atoms with E-state index in [2.05, 4.69) is 15.6 Å². The SMILES string of the molecule is C[C@H](CNC(=O)c1cn(-c2ccc(F)cc2)nn1)c1ccccc1. The summed E-state index contributed by atoms with van der Waals surface area (Å²) in [6.45, 7) is 2.55. The van der Waals surface area contributed by atoms with Crippen LogP contribution in [0.3, 0.4) is 0 Å². The summed E-state index contributed by atoms with van der Waals surface area (Å²) in [7, 11) is 0. The summed E-state index contributed by atoms with van der Waals surface area (Å²) in [5.41, 5.74) is 2.02. The molecule has 0 aliphatic carbocycles. The molecule has 2 aromatic carbocycles. The minimum absolute atomic E-state index is 0.197. The number of hydrogen-bond donors (Lipinski definition) is 1. The zero-order valence-corrected chi connectivity index (χ0v) is 13.2. The smallest absolute Gasteiger partial charge is 0.273 e. The van der Waals surface area contributed by atoms with Gasteiger partial charge in [-0.25, -0.2) is 9.07 Å². The fraction of sp³-hybridized carbons (Fsp3) is 0.167. The number of carbonyl (C=O) groups excluding carboxylic acids is 1. The Bertz CT molecular complexity index is 815. The van der Waals surface area contributed by atoms with Gasteiger partial charge >= 0.3 is 0 Å². The monoisotopic (exact) mass is 324 g/mol. The Hall–Kier alpha value is -3.02. The average molecular weight is 324 g/mol. The standard InChI is InChI=1S/C18H17FN4O/c1-13(14-5-3-2-4-6-14)11-20-18(24)17-12-23(22-21-17)16-9-7-15(19)8-10-16/h2-10,12-13H,11H2,1H3,(H,20,24)/t13-/m1/s1. The highest BCUT2D eigenvalue weighted by molar-refractivity contribution is 5.91. The third-order valence-electron chi connectivity index (χ3n) is 3.75. The zero-order valence-electron chi connectivity index (χ0n) is 13.2. The lowest BCUT2D eigenvalue weighted by atomic mass is 10.0. The van der Waals surface area contributed by atoms with E-state index in [1.54, 1.807) is 12.1 Å². The summed E-state index contributed by atoms with van der Waals surface area (Å²) in [4.78, 5) is 12.2. The van der Waals surface area contributed by atoms with Gasteiger partial charge in [0.2, 0.25) is 0 Å². The van der Waals surface area contributed by atoms with Crippen LogP contribution < -0.4 is 5.32 Å². The molecule has 0 fully saturated rings. The van der Waals surface area contributed by atoms with Crippen LogP contribution in [-0.4, -0.2) is 27.4 Å². The van der Waals surface area contributed by atoms with Crippen LogP contribution in [-0.2, 0) is 0 Å². The Kier molecular flexibility index (Phi) is 4.65. The van der Waals surface area contributed by atoms with Crippen molar-refractivity contribution in [3.8, 4) is 5.69 Å². The van der Waals surface area contributed by atoms with Crippen molar-refractivity contribution in [2.45, 2.75) is 12.8 Å². The van der Waals surface area contributed by atoms with Crippen LogP contribution in [0.5, 0.6) is 0 Å². The summed E-state index contributed by atoms with van der Waals surface area (Å²) >= 11 is 0. The highest BCUT2D eigenvalue weighted by Crippen LogP contribution is 2.13. The molecule has 3 aromatic rings. The first-order valence-corrected chi connectivity index (χ1v) is 7.65. The van der Waals surface area contributed by atoms with E-state index < -0.39 is 0 Å². The average Bonchev–Trinajstić information content (AvgIpc) is 3.11. The fourth-order valence-corrected chi connectivity index (χ4v) is 2.32. The first-order chi connectivity index (χ1) is 11.6. The van der Waals surface area contributed by atoms with E-state index in [9.17, 15) is 9.18 Å². The second-order valence-corrected chi connectivity index (χ2v) is 5.55. The number of amides is 1. The Morgan fingerprint density at radius 2 is 1.88 bits per heavy atom. The summed E-state index contributed by atoms with van der Waals surface area (Å²) in [6.07, 6.45) is 1.52. The van der Waals surface area contributed by atoms with Gasteiger partial charge in [-0.15, -0.1) is 5.10 Å². The maximum Gasteiger partial charge on any atom is 0.273 e. The largest absolute Gasteiger partial charge is 0.350 e. The molecule has 0 aliphatic heterocycles. The van der Waals surface area contributed by atoms with Crippen molar-refractivity contribution in [2.24, 2.45) is 0 Å². The second-order valence-electron chi connectivity index (χ2n) is 5.55. The minimum atomic E-state index is -0.327. The number of carbonyl (C=O) groups is 1. The van der Waals surface area contributed by atoms with Crippen LogP contribution in [0.4, 0.5) is 4.39 Å².